The quantitative estimate of drug-likeness (QED) is 0.485. The van der Waals surface area contributed by atoms with E-state index in [1.807, 2.05) is 59.7 Å². The molecule has 1 rings (SSSR count). The molecule has 2 N–H and O–H groups in total. The van der Waals surface area contributed by atoms with Crippen LogP contribution in [0.1, 0.15) is 77.6 Å². The van der Waals surface area contributed by atoms with Crippen LogP contribution in [0.4, 0.5) is 4.79 Å². The first kappa shape index (κ1) is 28.8. The van der Waals surface area contributed by atoms with E-state index in [0.29, 0.717) is 13.0 Å². The van der Waals surface area contributed by atoms with Gasteiger partial charge in [-0.3, -0.25) is 9.59 Å². The van der Waals surface area contributed by atoms with E-state index >= 15 is 0 Å². The van der Waals surface area contributed by atoms with Crippen LogP contribution in [0.3, 0.4) is 0 Å². The number of ether oxygens (including phenoxy) is 1. The van der Waals surface area contributed by atoms with Gasteiger partial charge in [-0.1, -0.05) is 25.1 Å². The number of amides is 3. The van der Waals surface area contributed by atoms with Gasteiger partial charge in [0.05, 0.1) is 0 Å². The number of carbonyl (C=O) groups is 3. The van der Waals surface area contributed by atoms with E-state index in [1.54, 1.807) is 25.7 Å². The summed E-state index contributed by atoms with van der Waals surface area (Å²) in [6.07, 6.45) is -0.0597. The van der Waals surface area contributed by atoms with Gasteiger partial charge in [-0.05, 0) is 78.5 Å². The molecule has 0 spiro atoms. The van der Waals surface area contributed by atoms with Crippen molar-refractivity contribution >= 4 is 30.5 Å². The summed E-state index contributed by atoms with van der Waals surface area (Å²) in [6.45, 7) is 17.2. The molecule has 0 heterocycles. The van der Waals surface area contributed by atoms with Gasteiger partial charge in [0.25, 0.3) is 0 Å². The molecule has 8 heteroatoms. The second-order valence-electron chi connectivity index (χ2n) is 10.3. The van der Waals surface area contributed by atoms with E-state index < -0.39 is 29.3 Å². The number of thiol groups is 1. The molecule has 2 unspecified atom stereocenters. The molecule has 0 aromatic heterocycles. The summed E-state index contributed by atoms with van der Waals surface area (Å²) in [7, 11) is 0. The minimum absolute atomic E-state index is 0.0682. The third-order valence-corrected chi connectivity index (χ3v) is 5.28. The van der Waals surface area contributed by atoms with Crippen LogP contribution in [0.15, 0.2) is 18.2 Å². The molecule has 0 aliphatic carbocycles. The van der Waals surface area contributed by atoms with Crippen LogP contribution < -0.4 is 10.6 Å². The normalized spacial score (nSPS) is 13.6. The van der Waals surface area contributed by atoms with E-state index in [2.05, 4.69) is 23.3 Å². The number of aryl methyl sites for hydroxylation is 1. The summed E-state index contributed by atoms with van der Waals surface area (Å²) in [5, 5.41) is 5.64. The lowest BCUT2D eigenvalue weighted by molar-refractivity contribution is -0.142. The summed E-state index contributed by atoms with van der Waals surface area (Å²) in [5.74, 6) is -0.584. The predicted molar refractivity (Wildman–Crippen MR) is 136 cm³/mol. The largest absolute Gasteiger partial charge is 0.444 e. The molecule has 0 fully saturated rings. The van der Waals surface area contributed by atoms with Crippen molar-refractivity contribution in [1.29, 1.82) is 0 Å². The zero-order chi connectivity index (χ0) is 25.6. The first-order chi connectivity index (χ1) is 15.1. The molecule has 2 atom stereocenters. The number of carbonyl (C=O) groups excluding carboxylic acids is 3. The second-order valence-corrected chi connectivity index (χ2v) is 10.7. The number of nitrogens with zero attached hydrogens (tertiary/aromatic N) is 1. The fourth-order valence-corrected chi connectivity index (χ4v) is 3.65. The van der Waals surface area contributed by atoms with Crippen molar-refractivity contribution in [3.63, 3.8) is 0 Å². The zero-order valence-electron chi connectivity index (χ0n) is 21.5. The SMILES string of the molecule is CCCN(C(=O)C(CS)NC(=O)OC(C)(C)C)C(C(=O)NC(C)(C)C)c1cccc(C)c1C. The maximum atomic E-state index is 13.7. The molecule has 0 bridgehead atoms. The van der Waals surface area contributed by atoms with Gasteiger partial charge >= 0.3 is 6.09 Å². The number of alkyl carbamates (subject to hydrolysis) is 1. The van der Waals surface area contributed by atoms with Crippen molar-refractivity contribution in [2.75, 3.05) is 12.3 Å². The van der Waals surface area contributed by atoms with Gasteiger partial charge in [0, 0.05) is 17.8 Å². The second kappa shape index (κ2) is 11.8. The van der Waals surface area contributed by atoms with Crippen molar-refractivity contribution < 1.29 is 19.1 Å². The van der Waals surface area contributed by atoms with Crippen LogP contribution in [0.25, 0.3) is 0 Å². The van der Waals surface area contributed by atoms with Crippen molar-refractivity contribution in [2.45, 2.75) is 92.0 Å². The Bertz CT molecular complexity index is 843. The Kier molecular flexibility index (Phi) is 10.3. The van der Waals surface area contributed by atoms with E-state index in [1.165, 1.54) is 0 Å². The minimum atomic E-state index is -0.940. The molecule has 0 saturated carbocycles. The number of hydrogen-bond donors (Lipinski definition) is 3. The van der Waals surface area contributed by atoms with E-state index in [9.17, 15) is 14.4 Å². The lowest BCUT2D eigenvalue weighted by Crippen LogP contribution is -2.55. The third kappa shape index (κ3) is 8.91. The highest BCUT2D eigenvalue weighted by Crippen LogP contribution is 2.28. The first-order valence-electron chi connectivity index (χ1n) is 11.4. The molecule has 1 aromatic rings. The molecule has 0 aliphatic rings. The molecule has 0 radical (unpaired) electrons. The zero-order valence-corrected chi connectivity index (χ0v) is 22.4. The average Bonchev–Trinajstić information content (AvgIpc) is 2.65. The van der Waals surface area contributed by atoms with Crippen LogP contribution in [0.5, 0.6) is 0 Å². The number of rotatable bonds is 8. The Hall–Kier alpha value is -2.22. The Morgan fingerprint density at radius 3 is 2.18 bits per heavy atom. The highest BCUT2D eigenvalue weighted by molar-refractivity contribution is 7.80. The Morgan fingerprint density at radius 2 is 1.70 bits per heavy atom. The monoisotopic (exact) mass is 479 g/mol. The van der Waals surface area contributed by atoms with E-state index in [4.69, 9.17) is 4.74 Å². The van der Waals surface area contributed by atoms with Gasteiger partial charge in [0.1, 0.15) is 17.7 Å². The van der Waals surface area contributed by atoms with Crippen molar-refractivity contribution in [1.82, 2.24) is 15.5 Å². The lowest BCUT2D eigenvalue weighted by Gasteiger charge is -2.36. The number of nitrogens with one attached hydrogen (secondary N) is 2. The highest BCUT2D eigenvalue weighted by atomic mass is 32.1. The Morgan fingerprint density at radius 1 is 1.09 bits per heavy atom. The van der Waals surface area contributed by atoms with Crippen LogP contribution >= 0.6 is 12.6 Å². The lowest BCUT2D eigenvalue weighted by atomic mass is 9.94. The van der Waals surface area contributed by atoms with Gasteiger partial charge in [-0.15, -0.1) is 0 Å². The molecule has 33 heavy (non-hydrogen) atoms. The molecular weight excluding hydrogens is 438 g/mol. The topological polar surface area (TPSA) is 87.7 Å². The summed E-state index contributed by atoms with van der Waals surface area (Å²) in [4.78, 5) is 41.1. The molecule has 3 amide bonds. The highest BCUT2D eigenvalue weighted by Gasteiger charge is 2.37. The molecule has 1 aromatic carbocycles. The van der Waals surface area contributed by atoms with Gasteiger partial charge in [-0.25, -0.2) is 4.79 Å². The summed E-state index contributed by atoms with van der Waals surface area (Å²) in [5.41, 5.74) is 1.55. The van der Waals surface area contributed by atoms with Crippen LogP contribution in [-0.4, -0.2) is 52.3 Å². The minimum Gasteiger partial charge on any atom is -0.444 e. The molecule has 0 aliphatic heterocycles. The number of hydrogen-bond acceptors (Lipinski definition) is 5. The van der Waals surface area contributed by atoms with Crippen molar-refractivity contribution in [3.8, 4) is 0 Å². The Labute approximate surface area is 204 Å². The maximum Gasteiger partial charge on any atom is 0.408 e. The van der Waals surface area contributed by atoms with Crippen LogP contribution in [-0.2, 0) is 14.3 Å². The van der Waals surface area contributed by atoms with Gasteiger partial charge in [0.15, 0.2) is 0 Å². The average molecular weight is 480 g/mol. The fourth-order valence-electron chi connectivity index (χ4n) is 3.40. The summed E-state index contributed by atoms with van der Waals surface area (Å²) in [6, 6.07) is 3.95. The molecule has 0 saturated heterocycles. The van der Waals surface area contributed by atoms with Gasteiger partial charge in [-0.2, -0.15) is 12.6 Å². The smallest absolute Gasteiger partial charge is 0.408 e. The van der Waals surface area contributed by atoms with Crippen molar-refractivity contribution in [2.24, 2.45) is 0 Å². The van der Waals surface area contributed by atoms with E-state index in [0.717, 1.165) is 16.7 Å². The summed E-state index contributed by atoms with van der Waals surface area (Å²) >= 11 is 4.30. The van der Waals surface area contributed by atoms with Gasteiger partial charge in [0.2, 0.25) is 11.8 Å². The molecule has 7 nitrogen and oxygen atoms in total. The maximum absolute atomic E-state index is 13.7. The summed E-state index contributed by atoms with van der Waals surface area (Å²) < 4.78 is 5.32. The van der Waals surface area contributed by atoms with Gasteiger partial charge < -0.3 is 20.3 Å². The molecular formula is C25H41N3O4S. The third-order valence-electron chi connectivity index (χ3n) is 4.92. The van der Waals surface area contributed by atoms with Crippen molar-refractivity contribution in [3.05, 3.63) is 34.9 Å². The fraction of sp³-hybridized carbons (Fsp3) is 0.640. The van der Waals surface area contributed by atoms with Crippen LogP contribution in [0.2, 0.25) is 0 Å². The predicted octanol–water partition coefficient (Wildman–Crippen LogP) is 4.32. The Balaban J connectivity index is 3.45. The first-order valence-corrected chi connectivity index (χ1v) is 12.0. The number of benzene rings is 1. The van der Waals surface area contributed by atoms with Crippen LogP contribution in [0, 0.1) is 13.8 Å². The van der Waals surface area contributed by atoms with E-state index in [-0.39, 0.29) is 17.6 Å². The standard InChI is InChI=1S/C25H41N3O4S/c1-10-14-28(22(30)19(15-33)26-23(31)32-25(7,8)9)20(21(29)27-24(4,5)6)18-13-11-12-16(2)17(18)3/h11-13,19-20,33H,10,14-15H2,1-9H3,(H,26,31)(H,27,29). The molecule has 186 valence electrons.